The fourth-order valence-electron chi connectivity index (χ4n) is 5.24. The highest BCUT2D eigenvalue weighted by molar-refractivity contribution is 5.86. The van der Waals surface area contributed by atoms with Crippen LogP contribution in [0.5, 0.6) is 0 Å². The fraction of sp³-hybridized carbons (Fsp3) is 0.600. The monoisotopic (exact) mass is 345 g/mol. The first kappa shape index (κ1) is 16.6. The molecule has 0 aromatic heterocycles. The zero-order valence-electron chi connectivity index (χ0n) is 14.3. The summed E-state index contributed by atoms with van der Waals surface area (Å²) in [7, 11) is 0. The molecule has 3 aliphatic rings. The smallest absolute Gasteiger partial charge is 0.311 e. The maximum atomic E-state index is 13.5. The number of carboxylic acid groups (broad SMARTS) is 1. The molecule has 2 atom stereocenters. The van der Waals surface area contributed by atoms with Gasteiger partial charge >= 0.3 is 5.97 Å². The van der Waals surface area contributed by atoms with Crippen LogP contribution in [0.3, 0.4) is 0 Å². The Morgan fingerprint density at radius 3 is 2.64 bits per heavy atom. The number of rotatable bonds is 4. The van der Waals surface area contributed by atoms with Crippen molar-refractivity contribution < 1.29 is 19.1 Å². The van der Waals surface area contributed by atoms with Crippen molar-refractivity contribution in [1.29, 1.82) is 0 Å². The van der Waals surface area contributed by atoms with Gasteiger partial charge in [-0.15, -0.1) is 0 Å². The molecule has 1 amide bonds. The van der Waals surface area contributed by atoms with Crippen molar-refractivity contribution in [2.75, 3.05) is 13.1 Å². The van der Waals surface area contributed by atoms with Crippen molar-refractivity contribution in [2.45, 2.75) is 44.9 Å². The van der Waals surface area contributed by atoms with Crippen molar-refractivity contribution in [1.82, 2.24) is 4.90 Å². The lowest BCUT2D eigenvalue weighted by Crippen LogP contribution is -2.49. The Labute approximate surface area is 147 Å². The summed E-state index contributed by atoms with van der Waals surface area (Å²) in [5.41, 5.74) is -0.355. The van der Waals surface area contributed by atoms with Crippen LogP contribution in [0.1, 0.15) is 44.1 Å². The number of nitrogens with zero attached hydrogens (tertiary/aromatic N) is 1. The minimum absolute atomic E-state index is 0.0815. The molecule has 4 rings (SSSR count). The van der Waals surface area contributed by atoms with Crippen molar-refractivity contribution in [2.24, 2.45) is 16.7 Å². The molecule has 1 heterocycles. The third kappa shape index (κ3) is 2.55. The Morgan fingerprint density at radius 2 is 2.04 bits per heavy atom. The summed E-state index contributed by atoms with van der Waals surface area (Å²) in [6.07, 6.45) is 5.68. The maximum absolute atomic E-state index is 13.5. The van der Waals surface area contributed by atoms with E-state index >= 15 is 0 Å². The van der Waals surface area contributed by atoms with E-state index in [0.717, 1.165) is 37.7 Å². The summed E-state index contributed by atoms with van der Waals surface area (Å²) < 4.78 is 13.5. The Morgan fingerprint density at radius 1 is 1.24 bits per heavy atom. The minimum Gasteiger partial charge on any atom is -0.481 e. The largest absolute Gasteiger partial charge is 0.481 e. The highest BCUT2D eigenvalue weighted by atomic mass is 19.1. The van der Waals surface area contributed by atoms with Gasteiger partial charge in [-0.3, -0.25) is 9.59 Å². The third-order valence-electron chi connectivity index (χ3n) is 6.78. The van der Waals surface area contributed by atoms with E-state index in [-0.39, 0.29) is 17.6 Å². The zero-order valence-corrected chi connectivity index (χ0v) is 14.3. The lowest BCUT2D eigenvalue weighted by Gasteiger charge is -2.43. The highest BCUT2D eigenvalue weighted by Crippen LogP contribution is 2.52. The number of aliphatic carboxylic acids is 1. The van der Waals surface area contributed by atoms with E-state index in [1.165, 1.54) is 12.1 Å². The van der Waals surface area contributed by atoms with Gasteiger partial charge in [0.15, 0.2) is 0 Å². The first-order valence-electron chi connectivity index (χ1n) is 9.22. The molecule has 2 saturated carbocycles. The summed E-state index contributed by atoms with van der Waals surface area (Å²) in [6, 6.07) is 6.47. The molecule has 4 nitrogen and oxygen atoms in total. The zero-order chi connectivity index (χ0) is 17.7. The first-order chi connectivity index (χ1) is 12.0. The van der Waals surface area contributed by atoms with Gasteiger partial charge in [0, 0.05) is 13.1 Å². The van der Waals surface area contributed by atoms with Gasteiger partial charge < -0.3 is 10.0 Å². The molecule has 5 heteroatoms. The summed E-state index contributed by atoms with van der Waals surface area (Å²) in [4.78, 5) is 26.9. The Bertz CT molecular complexity index is 715. The van der Waals surface area contributed by atoms with Crippen LogP contribution in [0.4, 0.5) is 4.39 Å². The van der Waals surface area contributed by atoms with Crippen LogP contribution in [0.2, 0.25) is 0 Å². The average molecular weight is 345 g/mol. The van der Waals surface area contributed by atoms with E-state index in [4.69, 9.17) is 0 Å². The van der Waals surface area contributed by atoms with E-state index in [1.807, 2.05) is 6.07 Å². The number of carboxylic acids is 1. The second-order valence-electron chi connectivity index (χ2n) is 8.18. The Kier molecular flexibility index (Phi) is 3.85. The average Bonchev–Trinajstić information content (AvgIpc) is 3.08. The van der Waals surface area contributed by atoms with E-state index in [2.05, 4.69) is 0 Å². The second kappa shape index (κ2) is 5.82. The van der Waals surface area contributed by atoms with E-state index in [1.54, 1.807) is 11.0 Å². The molecular formula is C20H24FNO3. The molecular weight excluding hydrogens is 321 g/mol. The molecule has 3 fully saturated rings. The number of carbonyl (C=O) groups is 2. The van der Waals surface area contributed by atoms with Gasteiger partial charge in [0.25, 0.3) is 0 Å². The highest BCUT2D eigenvalue weighted by Gasteiger charge is 2.58. The summed E-state index contributed by atoms with van der Waals surface area (Å²) in [6.45, 7) is 0.909. The first-order valence-corrected chi connectivity index (χ1v) is 9.22. The molecule has 0 spiro atoms. The minimum atomic E-state index is -0.752. The maximum Gasteiger partial charge on any atom is 0.311 e. The van der Waals surface area contributed by atoms with Gasteiger partial charge in [0.2, 0.25) is 5.91 Å². The van der Waals surface area contributed by atoms with Crippen molar-refractivity contribution in [3.8, 4) is 0 Å². The molecule has 1 aromatic rings. The lowest BCUT2D eigenvalue weighted by atomic mass is 9.64. The number of fused-ring (bicyclic) bond motifs is 1. The van der Waals surface area contributed by atoms with Gasteiger partial charge in [0.1, 0.15) is 5.82 Å². The number of likely N-dealkylation sites (tertiary alicyclic amines) is 1. The van der Waals surface area contributed by atoms with Crippen LogP contribution in [0.15, 0.2) is 24.3 Å². The lowest BCUT2D eigenvalue weighted by molar-refractivity contribution is -0.151. The molecule has 0 bridgehead atoms. The van der Waals surface area contributed by atoms with E-state index < -0.39 is 16.8 Å². The summed E-state index contributed by atoms with van der Waals surface area (Å²) >= 11 is 0. The molecule has 1 aromatic carbocycles. The van der Waals surface area contributed by atoms with Gasteiger partial charge in [-0.05, 0) is 55.7 Å². The van der Waals surface area contributed by atoms with E-state index in [9.17, 15) is 19.1 Å². The Balaban J connectivity index is 1.54. The van der Waals surface area contributed by atoms with Crippen LogP contribution in [-0.2, 0) is 16.0 Å². The van der Waals surface area contributed by atoms with Crippen LogP contribution >= 0.6 is 0 Å². The summed E-state index contributed by atoms with van der Waals surface area (Å²) in [5, 5.41) is 9.73. The van der Waals surface area contributed by atoms with Crippen LogP contribution in [0.25, 0.3) is 0 Å². The normalized spacial score (nSPS) is 30.0. The standard InChI is InChI=1S/C20H24FNO3/c21-16-6-1-4-14(10-16)11-19(7-3-8-19)17(23)22-12-15-5-2-9-20(15,13-22)18(24)25/h1,4,6,10,15H,2-3,5,7-9,11-13H2,(H,24,25)/t15-,20+/m0/s1. The van der Waals surface area contributed by atoms with E-state index in [0.29, 0.717) is 25.9 Å². The van der Waals surface area contributed by atoms with Crippen molar-refractivity contribution in [3.63, 3.8) is 0 Å². The number of hydrogen-bond acceptors (Lipinski definition) is 2. The second-order valence-corrected chi connectivity index (χ2v) is 8.18. The molecule has 1 aliphatic heterocycles. The number of amides is 1. The quantitative estimate of drug-likeness (QED) is 0.911. The molecule has 1 saturated heterocycles. The van der Waals surface area contributed by atoms with Crippen LogP contribution < -0.4 is 0 Å². The predicted molar refractivity (Wildman–Crippen MR) is 90.4 cm³/mol. The van der Waals surface area contributed by atoms with Gasteiger partial charge in [0.05, 0.1) is 10.8 Å². The predicted octanol–water partition coefficient (Wildman–Crippen LogP) is 3.25. The van der Waals surface area contributed by atoms with Gasteiger partial charge in [-0.25, -0.2) is 4.39 Å². The number of halogens is 1. The third-order valence-corrected chi connectivity index (χ3v) is 6.78. The fourth-order valence-corrected chi connectivity index (χ4v) is 5.24. The van der Waals surface area contributed by atoms with Crippen LogP contribution in [0, 0.1) is 22.6 Å². The van der Waals surface area contributed by atoms with Crippen molar-refractivity contribution >= 4 is 11.9 Å². The Hall–Kier alpha value is -1.91. The molecule has 0 radical (unpaired) electrons. The van der Waals surface area contributed by atoms with Gasteiger partial charge in [-0.2, -0.15) is 0 Å². The topological polar surface area (TPSA) is 57.6 Å². The number of hydrogen-bond donors (Lipinski definition) is 1. The number of benzene rings is 1. The number of carbonyl (C=O) groups excluding carboxylic acids is 1. The van der Waals surface area contributed by atoms with Crippen molar-refractivity contribution in [3.05, 3.63) is 35.6 Å². The van der Waals surface area contributed by atoms with Gasteiger partial charge in [-0.1, -0.05) is 25.0 Å². The summed E-state index contributed by atoms with van der Waals surface area (Å²) in [5.74, 6) is -0.865. The molecule has 2 aliphatic carbocycles. The molecule has 25 heavy (non-hydrogen) atoms. The van der Waals surface area contributed by atoms with Crippen LogP contribution in [-0.4, -0.2) is 35.0 Å². The molecule has 1 N–H and O–H groups in total. The molecule has 134 valence electrons. The molecule has 0 unspecified atom stereocenters. The SMILES string of the molecule is O=C(N1C[C@@H]2CCC[C@@]2(C(=O)O)C1)C1(Cc2cccc(F)c2)CCC1.